The lowest BCUT2D eigenvalue weighted by molar-refractivity contribution is -0.136. The molecule has 5 nitrogen and oxygen atoms in total. The highest BCUT2D eigenvalue weighted by Crippen LogP contribution is 2.09. The third-order valence-electron chi connectivity index (χ3n) is 1.92. The van der Waals surface area contributed by atoms with E-state index in [1.54, 1.807) is 0 Å². The molecule has 0 aromatic rings. The second-order valence-corrected chi connectivity index (χ2v) is 2.91. The highest BCUT2D eigenvalue weighted by molar-refractivity contribution is 5.69. The number of carbonyl (C=O) groups is 1. The van der Waals surface area contributed by atoms with Gasteiger partial charge in [-0.15, -0.1) is 0 Å². The summed E-state index contributed by atoms with van der Waals surface area (Å²) in [5.74, 6) is -0.859. The van der Waals surface area contributed by atoms with E-state index in [4.69, 9.17) is 14.6 Å². The standard InChI is InChI=1S/C8H15NO4/c1-2-13-7-5-12-4-6(7)9-3-8(10)11/h6-7,9H,2-5H2,1H3,(H,10,11)/t6-,7+/m0/s1. The summed E-state index contributed by atoms with van der Waals surface area (Å²) in [6, 6.07) is 0.0102. The van der Waals surface area contributed by atoms with Gasteiger partial charge in [0.1, 0.15) is 0 Å². The Kier molecular flexibility index (Phi) is 4.14. The summed E-state index contributed by atoms with van der Waals surface area (Å²) >= 11 is 0. The van der Waals surface area contributed by atoms with Crippen molar-refractivity contribution in [2.45, 2.75) is 19.1 Å². The van der Waals surface area contributed by atoms with Crippen LogP contribution >= 0.6 is 0 Å². The lowest BCUT2D eigenvalue weighted by Gasteiger charge is -2.17. The van der Waals surface area contributed by atoms with Crippen LogP contribution in [0, 0.1) is 0 Å². The molecule has 1 aliphatic rings. The van der Waals surface area contributed by atoms with Crippen molar-refractivity contribution in [1.82, 2.24) is 5.32 Å². The van der Waals surface area contributed by atoms with E-state index >= 15 is 0 Å². The summed E-state index contributed by atoms with van der Waals surface area (Å²) in [6.45, 7) is 3.56. The number of rotatable bonds is 5. The molecule has 76 valence electrons. The largest absolute Gasteiger partial charge is 0.480 e. The number of aliphatic carboxylic acids is 1. The molecule has 0 saturated carbocycles. The maximum atomic E-state index is 10.3. The van der Waals surface area contributed by atoms with Gasteiger partial charge in [0.2, 0.25) is 0 Å². The van der Waals surface area contributed by atoms with Gasteiger partial charge in [0.15, 0.2) is 0 Å². The Morgan fingerprint density at radius 2 is 2.46 bits per heavy atom. The summed E-state index contributed by atoms with van der Waals surface area (Å²) in [5.41, 5.74) is 0. The normalized spacial score (nSPS) is 27.8. The van der Waals surface area contributed by atoms with Gasteiger partial charge in [0, 0.05) is 6.61 Å². The van der Waals surface area contributed by atoms with Crippen molar-refractivity contribution in [3.63, 3.8) is 0 Å². The average Bonchev–Trinajstić information content (AvgIpc) is 2.49. The summed E-state index contributed by atoms with van der Waals surface area (Å²) in [5, 5.41) is 11.3. The predicted octanol–water partition coefficient (Wildman–Crippen LogP) is -0.535. The van der Waals surface area contributed by atoms with Crippen LogP contribution in [0.1, 0.15) is 6.92 Å². The molecule has 1 heterocycles. The van der Waals surface area contributed by atoms with Crippen LogP contribution in [0.3, 0.4) is 0 Å². The number of hydrogen-bond acceptors (Lipinski definition) is 4. The van der Waals surface area contributed by atoms with Gasteiger partial charge >= 0.3 is 5.97 Å². The Bertz CT molecular complexity index is 174. The Morgan fingerprint density at radius 1 is 1.69 bits per heavy atom. The minimum Gasteiger partial charge on any atom is -0.480 e. The van der Waals surface area contributed by atoms with Crippen LogP contribution in [0.4, 0.5) is 0 Å². The molecule has 0 unspecified atom stereocenters. The first-order valence-electron chi connectivity index (χ1n) is 4.38. The Labute approximate surface area is 77.0 Å². The van der Waals surface area contributed by atoms with Gasteiger partial charge in [-0.25, -0.2) is 0 Å². The first kappa shape index (κ1) is 10.4. The lowest BCUT2D eigenvalue weighted by Crippen LogP contribution is -2.42. The molecular formula is C8H15NO4. The molecule has 0 aliphatic carbocycles. The van der Waals surface area contributed by atoms with Crippen molar-refractivity contribution < 1.29 is 19.4 Å². The molecule has 5 heteroatoms. The van der Waals surface area contributed by atoms with Crippen molar-refractivity contribution >= 4 is 5.97 Å². The van der Waals surface area contributed by atoms with Crippen LogP contribution in [-0.4, -0.2) is 49.6 Å². The van der Waals surface area contributed by atoms with E-state index in [-0.39, 0.29) is 18.7 Å². The quantitative estimate of drug-likeness (QED) is 0.608. The zero-order chi connectivity index (χ0) is 9.68. The monoisotopic (exact) mass is 189 g/mol. The predicted molar refractivity (Wildman–Crippen MR) is 45.7 cm³/mol. The molecule has 0 radical (unpaired) electrons. The molecule has 0 aromatic carbocycles. The van der Waals surface area contributed by atoms with E-state index in [1.807, 2.05) is 6.92 Å². The third kappa shape index (κ3) is 3.30. The van der Waals surface area contributed by atoms with E-state index in [0.29, 0.717) is 19.8 Å². The molecule has 2 atom stereocenters. The Hall–Kier alpha value is -0.650. The molecule has 1 fully saturated rings. The van der Waals surface area contributed by atoms with Gasteiger partial charge in [-0.2, -0.15) is 0 Å². The molecule has 1 rings (SSSR count). The van der Waals surface area contributed by atoms with E-state index in [9.17, 15) is 4.79 Å². The van der Waals surface area contributed by atoms with Gasteiger partial charge in [-0.05, 0) is 6.92 Å². The number of ether oxygens (including phenoxy) is 2. The summed E-state index contributed by atoms with van der Waals surface area (Å²) < 4.78 is 10.5. The molecule has 2 N–H and O–H groups in total. The lowest BCUT2D eigenvalue weighted by atomic mass is 10.2. The van der Waals surface area contributed by atoms with Crippen LogP contribution in [0.15, 0.2) is 0 Å². The summed E-state index contributed by atoms with van der Waals surface area (Å²) in [7, 11) is 0. The number of hydrogen-bond donors (Lipinski definition) is 2. The van der Waals surface area contributed by atoms with Gasteiger partial charge in [0.05, 0.1) is 31.9 Å². The summed E-state index contributed by atoms with van der Waals surface area (Å²) in [4.78, 5) is 10.3. The zero-order valence-electron chi connectivity index (χ0n) is 7.66. The highest BCUT2D eigenvalue weighted by atomic mass is 16.5. The van der Waals surface area contributed by atoms with E-state index in [2.05, 4.69) is 5.32 Å². The van der Waals surface area contributed by atoms with Crippen LogP contribution < -0.4 is 5.32 Å². The van der Waals surface area contributed by atoms with Crippen molar-refractivity contribution in [3.05, 3.63) is 0 Å². The van der Waals surface area contributed by atoms with Crippen molar-refractivity contribution in [3.8, 4) is 0 Å². The van der Waals surface area contributed by atoms with Crippen molar-refractivity contribution in [2.24, 2.45) is 0 Å². The fourth-order valence-corrected chi connectivity index (χ4v) is 1.32. The van der Waals surface area contributed by atoms with Crippen LogP contribution in [-0.2, 0) is 14.3 Å². The second-order valence-electron chi connectivity index (χ2n) is 2.91. The molecule has 0 amide bonds. The number of carboxylic acids is 1. The van der Waals surface area contributed by atoms with E-state index in [0.717, 1.165) is 0 Å². The Morgan fingerprint density at radius 3 is 3.08 bits per heavy atom. The molecule has 0 bridgehead atoms. The molecule has 0 spiro atoms. The van der Waals surface area contributed by atoms with E-state index < -0.39 is 5.97 Å². The molecule has 13 heavy (non-hydrogen) atoms. The van der Waals surface area contributed by atoms with Crippen molar-refractivity contribution in [1.29, 1.82) is 0 Å². The molecule has 1 saturated heterocycles. The van der Waals surface area contributed by atoms with Crippen LogP contribution in [0.2, 0.25) is 0 Å². The SMILES string of the molecule is CCO[C@@H]1COC[C@@H]1NCC(=O)O. The number of nitrogens with one attached hydrogen (secondary N) is 1. The fourth-order valence-electron chi connectivity index (χ4n) is 1.32. The second kappa shape index (κ2) is 5.16. The minimum absolute atomic E-state index is 0.00986. The van der Waals surface area contributed by atoms with Crippen molar-refractivity contribution in [2.75, 3.05) is 26.4 Å². The fraction of sp³-hybridized carbons (Fsp3) is 0.875. The molecule has 1 aliphatic heterocycles. The van der Waals surface area contributed by atoms with E-state index in [1.165, 1.54) is 0 Å². The first-order valence-corrected chi connectivity index (χ1v) is 4.38. The maximum absolute atomic E-state index is 10.3. The topological polar surface area (TPSA) is 67.8 Å². The molecular weight excluding hydrogens is 174 g/mol. The first-order chi connectivity index (χ1) is 6.24. The van der Waals surface area contributed by atoms with Gasteiger partial charge in [-0.1, -0.05) is 0 Å². The Balaban J connectivity index is 2.26. The minimum atomic E-state index is -0.859. The van der Waals surface area contributed by atoms with Crippen LogP contribution in [0.5, 0.6) is 0 Å². The van der Waals surface area contributed by atoms with Gasteiger partial charge < -0.3 is 14.6 Å². The van der Waals surface area contributed by atoms with Gasteiger partial charge in [-0.3, -0.25) is 10.1 Å². The smallest absolute Gasteiger partial charge is 0.317 e. The summed E-state index contributed by atoms with van der Waals surface area (Å²) in [6.07, 6.45) is -0.00986. The highest BCUT2D eigenvalue weighted by Gasteiger charge is 2.28. The molecule has 0 aromatic heterocycles. The van der Waals surface area contributed by atoms with Crippen LogP contribution in [0.25, 0.3) is 0 Å². The number of carboxylic acid groups (broad SMARTS) is 1. The third-order valence-corrected chi connectivity index (χ3v) is 1.92. The average molecular weight is 189 g/mol. The zero-order valence-corrected chi connectivity index (χ0v) is 7.66. The maximum Gasteiger partial charge on any atom is 0.317 e. The van der Waals surface area contributed by atoms with Gasteiger partial charge in [0.25, 0.3) is 0 Å².